The van der Waals surface area contributed by atoms with Crippen molar-refractivity contribution in [3.05, 3.63) is 54.2 Å². The number of morpholine rings is 1. The Bertz CT molecular complexity index is 883. The van der Waals surface area contributed by atoms with Gasteiger partial charge in [0.05, 0.1) is 24.0 Å². The zero-order valence-corrected chi connectivity index (χ0v) is 17.3. The average molecular weight is 422 g/mol. The summed E-state index contributed by atoms with van der Waals surface area (Å²) < 4.78 is 31.8. The first-order valence-corrected chi connectivity index (χ1v) is 11.3. The van der Waals surface area contributed by atoms with Crippen molar-refractivity contribution in [1.82, 2.24) is 14.2 Å². The van der Waals surface area contributed by atoms with Crippen LogP contribution in [0.4, 0.5) is 0 Å². The fraction of sp³-hybridized carbons (Fsp3) is 0.368. The molecule has 0 atom stereocenters. The monoisotopic (exact) mass is 421 g/mol. The fourth-order valence-electron chi connectivity index (χ4n) is 2.73. The molecule has 1 saturated heterocycles. The Morgan fingerprint density at radius 3 is 2.54 bits per heavy atom. The van der Waals surface area contributed by atoms with E-state index in [1.807, 2.05) is 30.3 Å². The Labute approximate surface area is 169 Å². The van der Waals surface area contributed by atoms with Crippen molar-refractivity contribution in [2.45, 2.75) is 16.5 Å². The quantitative estimate of drug-likeness (QED) is 0.635. The van der Waals surface area contributed by atoms with Crippen molar-refractivity contribution >= 4 is 27.7 Å². The van der Waals surface area contributed by atoms with Gasteiger partial charge in [0.1, 0.15) is 4.90 Å². The summed E-state index contributed by atoms with van der Waals surface area (Å²) in [6, 6.07) is 13.0. The van der Waals surface area contributed by atoms with E-state index in [4.69, 9.17) is 4.74 Å². The van der Waals surface area contributed by atoms with E-state index >= 15 is 0 Å². The van der Waals surface area contributed by atoms with Crippen LogP contribution in [0.25, 0.3) is 0 Å². The van der Waals surface area contributed by atoms with Gasteiger partial charge in [0.2, 0.25) is 15.9 Å². The number of hydrogen-bond donors (Lipinski definition) is 0. The summed E-state index contributed by atoms with van der Waals surface area (Å²) in [5, 5.41) is 0.613. The van der Waals surface area contributed by atoms with E-state index in [-0.39, 0.29) is 16.6 Å². The number of amides is 1. The number of sulfonamides is 1. The molecule has 9 heteroatoms. The lowest BCUT2D eigenvalue weighted by molar-refractivity contribution is -0.127. The molecule has 0 unspecified atom stereocenters. The maximum absolute atomic E-state index is 12.6. The van der Waals surface area contributed by atoms with Crippen LogP contribution in [0.1, 0.15) is 5.56 Å². The molecule has 0 N–H and O–H groups in total. The van der Waals surface area contributed by atoms with Crippen LogP contribution >= 0.6 is 11.8 Å². The zero-order chi connectivity index (χ0) is 20.0. The third-order valence-corrected chi connectivity index (χ3v) is 7.16. The molecular weight excluding hydrogens is 398 g/mol. The van der Waals surface area contributed by atoms with Crippen LogP contribution in [0.3, 0.4) is 0 Å². The zero-order valence-electron chi connectivity index (χ0n) is 15.7. The summed E-state index contributed by atoms with van der Waals surface area (Å²) in [6.45, 7) is 2.05. The van der Waals surface area contributed by atoms with Gasteiger partial charge in [0.15, 0.2) is 0 Å². The number of aromatic nitrogens is 1. The standard InChI is InChI=1S/C19H23N3O4S2/c1-21(14-16-5-3-2-4-6-16)19(23)15-27-18-8-7-17(13-20-18)28(24,25)22-9-11-26-12-10-22/h2-8,13H,9-12,14-15H2,1H3. The van der Waals surface area contributed by atoms with Crippen LogP contribution < -0.4 is 0 Å². The van der Waals surface area contributed by atoms with E-state index < -0.39 is 10.0 Å². The van der Waals surface area contributed by atoms with Crippen LogP contribution in [-0.4, -0.2) is 67.6 Å². The number of thioether (sulfide) groups is 1. The molecule has 0 aliphatic carbocycles. The number of rotatable bonds is 7. The third-order valence-electron chi connectivity index (χ3n) is 4.35. The summed E-state index contributed by atoms with van der Waals surface area (Å²) in [4.78, 5) is 18.4. The van der Waals surface area contributed by atoms with Gasteiger partial charge in [-0.2, -0.15) is 4.31 Å². The smallest absolute Gasteiger partial charge is 0.244 e. The molecule has 28 heavy (non-hydrogen) atoms. The molecule has 7 nitrogen and oxygen atoms in total. The van der Waals surface area contributed by atoms with Gasteiger partial charge in [-0.3, -0.25) is 4.79 Å². The normalized spacial score (nSPS) is 15.3. The van der Waals surface area contributed by atoms with E-state index in [1.165, 1.54) is 28.3 Å². The van der Waals surface area contributed by atoms with Gasteiger partial charge in [-0.1, -0.05) is 42.1 Å². The van der Waals surface area contributed by atoms with Crippen LogP contribution in [-0.2, 0) is 26.1 Å². The molecule has 1 aliphatic heterocycles. The second-order valence-electron chi connectivity index (χ2n) is 6.37. The van der Waals surface area contributed by atoms with E-state index in [2.05, 4.69) is 4.98 Å². The molecule has 2 heterocycles. The van der Waals surface area contributed by atoms with Crippen molar-refractivity contribution in [1.29, 1.82) is 0 Å². The van der Waals surface area contributed by atoms with Gasteiger partial charge in [-0.25, -0.2) is 13.4 Å². The SMILES string of the molecule is CN(Cc1ccccc1)C(=O)CSc1ccc(S(=O)(=O)N2CCOCC2)cn1. The van der Waals surface area contributed by atoms with E-state index in [0.717, 1.165) is 5.56 Å². The van der Waals surface area contributed by atoms with E-state index in [9.17, 15) is 13.2 Å². The number of pyridine rings is 1. The molecule has 3 rings (SSSR count). The van der Waals surface area contributed by atoms with Gasteiger partial charge in [0.25, 0.3) is 0 Å². The Kier molecular flexibility index (Phi) is 7.06. The van der Waals surface area contributed by atoms with Gasteiger partial charge in [-0.05, 0) is 17.7 Å². The molecule has 1 fully saturated rings. The van der Waals surface area contributed by atoms with E-state index in [0.29, 0.717) is 37.9 Å². The Balaban J connectivity index is 1.54. The second kappa shape index (κ2) is 9.51. The first kappa shape index (κ1) is 20.8. The minimum absolute atomic E-state index is 0.0133. The number of benzene rings is 1. The molecule has 1 aromatic heterocycles. The second-order valence-corrected chi connectivity index (χ2v) is 9.31. The van der Waals surface area contributed by atoms with Crippen molar-refractivity contribution < 1.29 is 17.9 Å². The summed E-state index contributed by atoms with van der Waals surface area (Å²) in [5.41, 5.74) is 1.07. The maximum Gasteiger partial charge on any atom is 0.244 e. The predicted octanol–water partition coefficient (Wildman–Crippen LogP) is 1.85. The Morgan fingerprint density at radius 1 is 1.18 bits per heavy atom. The summed E-state index contributed by atoms with van der Waals surface area (Å²) in [7, 11) is -1.79. The van der Waals surface area contributed by atoms with Gasteiger partial charge in [-0.15, -0.1) is 0 Å². The van der Waals surface area contributed by atoms with Crippen LogP contribution in [0, 0.1) is 0 Å². The minimum Gasteiger partial charge on any atom is -0.379 e. The molecule has 0 spiro atoms. The first-order valence-electron chi connectivity index (χ1n) is 8.91. The molecule has 2 aromatic rings. The highest BCUT2D eigenvalue weighted by molar-refractivity contribution is 7.99. The predicted molar refractivity (Wildman–Crippen MR) is 107 cm³/mol. The Morgan fingerprint density at radius 2 is 1.89 bits per heavy atom. The first-order chi connectivity index (χ1) is 13.5. The molecule has 150 valence electrons. The van der Waals surface area contributed by atoms with Crippen molar-refractivity contribution in [2.24, 2.45) is 0 Å². The summed E-state index contributed by atoms with van der Waals surface area (Å²) in [5.74, 6) is 0.229. The van der Waals surface area contributed by atoms with Crippen molar-refractivity contribution in [3.63, 3.8) is 0 Å². The van der Waals surface area contributed by atoms with Crippen molar-refractivity contribution in [2.75, 3.05) is 39.1 Å². The third kappa shape index (κ3) is 5.32. The molecule has 1 amide bonds. The lowest BCUT2D eigenvalue weighted by Crippen LogP contribution is -2.40. The summed E-state index contributed by atoms with van der Waals surface area (Å²) in [6.07, 6.45) is 1.35. The lowest BCUT2D eigenvalue weighted by atomic mass is 10.2. The highest BCUT2D eigenvalue weighted by atomic mass is 32.2. The highest BCUT2D eigenvalue weighted by Gasteiger charge is 2.26. The van der Waals surface area contributed by atoms with Crippen LogP contribution in [0.5, 0.6) is 0 Å². The lowest BCUT2D eigenvalue weighted by Gasteiger charge is -2.25. The Hall–Kier alpha value is -1.94. The number of carbonyl (C=O) groups is 1. The molecule has 1 aromatic carbocycles. The fourth-order valence-corrected chi connectivity index (χ4v) is 4.87. The highest BCUT2D eigenvalue weighted by Crippen LogP contribution is 2.21. The molecular formula is C19H23N3O4S2. The molecule has 1 aliphatic rings. The number of nitrogens with zero attached hydrogens (tertiary/aromatic N) is 3. The average Bonchev–Trinajstić information content (AvgIpc) is 2.73. The molecule has 0 bridgehead atoms. The molecule has 0 saturated carbocycles. The number of ether oxygens (including phenoxy) is 1. The topological polar surface area (TPSA) is 79.8 Å². The van der Waals surface area contributed by atoms with Gasteiger partial charge < -0.3 is 9.64 Å². The van der Waals surface area contributed by atoms with E-state index in [1.54, 1.807) is 18.0 Å². The number of hydrogen-bond acceptors (Lipinski definition) is 6. The largest absolute Gasteiger partial charge is 0.379 e. The molecule has 0 radical (unpaired) electrons. The van der Waals surface area contributed by atoms with Crippen LogP contribution in [0.15, 0.2) is 58.6 Å². The maximum atomic E-state index is 12.6. The minimum atomic E-state index is -3.55. The van der Waals surface area contributed by atoms with Crippen LogP contribution in [0.2, 0.25) is 0 Å². The van der Waals surface area contributed by atoms with Crippen molar-refractivity contribution in [3.8, 4) is 0 Å². The van der Waals surface area contributed by atoms with Gasteiger partial charge in [0, 0.05) is 32.9 Å². The van der Waals surface area contributed by atoms with Gasteiger partial charge >= 0.3 is 0 Å². The number of carbonyl (C=O) groups excluding carboxylic acids is 1. The summed E-state index contributed by atoms with van der Waals surface area (Å²) >= 11 is 1.29.